The minimum Gasteiger partial charge on any atom is -0.442 e. The van der Waals surface area contributed by atoms with E-state index in [4.69, 9.17) is 4.74 Å². The smallest absolute Gasteiger partial charge is 0.434 e. The van der Waals surface area contributed by atoms with E-state index in [9.17, 15) is 10.0 Å². The van der Waals surface area contributed by atoms with E-state index in [1.54, 1.807) is 0 Å². The first-order valence-corrected chi connectivity index (χ1v) is 8.22. The number of carbonyl (C=O) groups is 1. The molecule has 0 aliphatic heterocycles. The molecule has 1 saturated carbocycles. The first-order chi connectivity index (χ1) is 10.5. The average Bonchev–Trinajstić information content (AvgIpc) is 2.54. The fourth-order valence-corrected chi connectivity index (χ4v) is 3.13. The highest BCUT2D eigenvalue weighted by molar-refractivity contribution is 5.66. The molecule has 1 aromatic rings. The van der Waals surface area contributed by atoms with Crippen LogP contribution in [-0.2, 0) is 11.2 Å². The predicted octanol–water partition coefficient (Wildman–Crippen LogP) is 4.42. The summed E-state index contributed by atoms with van der Waals surface area (Å²) in [5.74, 6) is 0.382. The van der Waals surface area contributed by atoms with Crippen molar-refractivity contribution in [2.75, 3.05) is 6.54 Å². The Bertz CT molecular complexity index is 466. The van der Waals surface area contributed by atoms with E-state index in [2.05, 4.69) is 0 Å². The average molecular weight is 305 g/mol. The number of hydrogen-bond acceptors (Lipinski definition) is 3. The fraction of sp³-hybridized carbons (Fsp3) is 0.611. The zero-order chi connectivity index (χ0) is 16.0. The van der Waals surface area contributed by atoms with E-state index in [-0.39, 0.29) is 6.54 Å². The van der Waals surface area contributed by atoms with Crippen LogP contribution in [0.1, 0.15) is 51.5 Å². The lowest BCUT2D eigenvalue weighted by atomic mass is 9.79. The van der Waals surface area contributed by atoms with Gasteiger partial charge < -0.3 is 4.74 Å². The molecule has 0 aromatic heterocycles. The van der Waals surface area contributed by atoms with Crippen LogP contribution in [0.15, 0.2) is 30.3 Å². The molecule has 122 valence electrons. The maximum atomic E-state index is 12.1. The van der Waals surface area contributed by atoms with Crippen LogP contribution >= 0.6 is 0 Å². The molecule has 0 atom stereocenters. The van der Waals surface area contributed by atoms with Gasteiger partial charge in [0, 0.05) is 0 Å². The van der Waals surface area contributed by atoms with Crippen molar-refractivity contribution in [3.63, 3.8) is 0 Å². The molecule has 4 nitrogen and oxygen atoms in total. The second-order valence-corrected chi connectivity index (χ2v) is 6.67. The van der Waals surface area contributed by atoms with Crippen molar-refractivity contribution >= 4 is 6.09 Å². The molecular formula is C18H27NO3. The molecule has 0 saturated heterocycles. The summed E-state index contributed by atoms with van der Waals surface area (Å²) in [6, 6.07) is 9.79. The highest BCUT2D eigenvalue weighted by atomic mass is 16.6. The van der Waals surface area contributed by atoms with E-state index in [0.717, 1.165) is 18.4 Å². The molecule has 1 N–H and O–H groups in total. The Labute approximate surface area is 133 Å². The molecule has 1 amide bonds. The van der Waals surface area contributed by atoms with Gasteiger partial charge in [-0.15, -0.1) is 0 Å². The summed E-state index contributed by atoms with van der Waals surface area (Å²) in [5, 5.41) is 10.6. The van der Waals surface area contributed by atoms with E-state index >= 15 is 0 Å². The van der Waals surface area contributed by atoms with Crippen molar-refractivity contribution < 1.29 is 14.7 Å². The van der Waals surface area contributed by atoms with E-state index in [0.29, 0.717) is 17.4 Å². The summed E-state index contributed by atoms with van der Waals surface area (Å²) in [5.41, 5.74) is 0.562. The van der Waals surface area contributed by atoms with Gasteiger partial charge in [-0.05, 0) is 44.6 Å². The summed E-state index contributed by atoms with van der Waals surface area (Å²) in [6.07, 6.45) is 5.81. The van der Waals surface area contributed by atoms with E-state index in [1.165, 1.54) is 19.3 Å². The molecule has 1 aromatic carbocycles. The predicted molar refractivity (Wildman–Crippen MR) is 85.8 cm³/mol. The zero-order valence-electron chi connectivity index (χ0n) is 13.6. The number of hydrogen-bond donors (Lipinski definition) is 1. The van der Waals surface area contributed by atoms with Crippen LogP contribution < -0.4 is 0 Å². The van der Waals surface area contributed by atoms with E-state index in [1.807, 2.05) is 44.2 Å². The minimum absolute atomic E-state index is 0.240. The molecule has 0 bridgehead atoms. The van der Waals surface area contributed by atoms with Gasteiger partial charge in [-0.1, -0.05) is 49.6 Å². The highest BCUT2D eigenvalue weighted by Crippen LogP contribution is 2.35. The number of rotatable bonds is 5. The third-order valence-corrected chi connectivity index (χ3v) is 4.60. The van der Waals surface area contributed by atoms with Crippen molar-refractivity contribution in [2.45, 2.75) is 58.0 Å². The van der Waals surface area contributed by atoms with Gasteiger partial charge in [0.25, 0.3) is 0 Å². The molecule has 0 spiro atoms. The molecule has 0 heterocycles. The summed E-state index contributed by atoms with van der Waals surface area (Å²) in [4.78, 5) is 12.1. The van der Waals surface area contributed by atoms with Crippen LogP contribution in [0.25, 0.3) is 0 Å². The number of benzene rings is 1. The Balaban J connectivity index is 1.82. The SMILES string of the molecule is CC(C)(OC(=O)N(O)CCc1ccccc1)C1CCCCC1. The lowest BCUT2D eigenvalue weighted by molar-refractivity contribution is -0.110. The zero-order valence-corrected chi connectivity index (χ0v) is 13.6. The van der Waals surface area contributed by atoms with Gasteiger partial charge in [-0.25, -0.2) is 4.79 Å². The van der Waals surface area contributed by atoms with Crippen molar-refractivity contribution in [3.8, 4) is 0 Å². The molecule has 1 aliphatic rings. The molecule has 1 aliphatic carbocycles. The lowest BCUT2D eigenvalue weighted by Crippen LogP contribution is -2.42. The maximum Gasteiger partial charge on any atom is 0.434 e. The van der Waals surface area contributed by atoms with Crippen molar-refractivity contribution in [3.05, 3.63) is 35.9 Å². The largest absolute Gasteiger partial charge is 0.442 e. The Morgan fingerprint density at radius 1 is 1.23 bits per heavy atom. The summed E-state index contributed by atoms with van der Waals surface area (Å²) in [6.45, 7) is 4.14. The van der Waals surface area contributed by atoms with Gasteiger partial charge >= 0.3 is 6.09 Å². The van der Waals surface area contributed by atoms with Gasteiger partial charge in [-0.2, -0.15) is 5.06 Å². The van der Waals surface area contributed by atoms with Gasteiger partial charge in [0.2, 0.25) is 0 Å². The van der Waals surface area contributed by atoms with Crippen LogP contribution in [0.3, 0.4) is 0 Å². The van der Waals surface area contributed by atoms with Crippen molar-refractivity contribution in [2.24, 2.45) is 5.92 Å². The third kappa shape index (κ3) is 4.73. The topological polar surface area (TPSA) is 49.8 Å². The van der Waals surface area contributed by atoms with Crippen molar-refractivity contribution in [1.29, 1.82) is 0 Å². The monoisotopic (exact) mass is 305 g/mol. The Hall–Kier alpha value is -1.55. The van der Waals surface area contributed by atoms with Gasteiger partial charge in [0.05, 0.1) is 6.54 Å². The lowest BCUT2D eigenvalue weighted by Gasteiger charge is -2.37. The van der Waals surface area contributed by atoms with Crippen LogP contribution in [-0.4, -0.2) is 28.5 Å². The summed E-state index contributed by atoms with van der Waals surface area (Å²) in [7, 11) is 0. The number of carbonyl (C=O) groups excluding carboxylic acids is 1. The number of nitrogens with zero attached hydrogens (tertiary/aromatic N) is 1. The fourth-order valence-electron chi connectivity index (χ4n) is 3.13. The molecule has 0 radical (unpaired) electrons. The Morgan fingerprint density at radius 2 is 1.86 bits per heavy atom. The number of amides is 1. The second kappa shape index (κ2) is 7.63. The van der Waals surface area contributed by atoms with Crippen LogP contribution in [0, 0.1) is 5.92 Å². The third-order valence-electron chi connectivity index (χ3n) is 4.60. The highest BCUT2D eigenvalue weighted by Gasteiger charge is 2.35. The van der Waals surface area contributed by atoms with Crippen LogP contribution in [0.5, 0.6) is 0 Å². The molecule has 1 fully saturated rings. The first kappa shape index (κ1) is 16.8. The Morgan fingerprint density at radius 3 is 2.50 bits per heavy atom. The van der Waals surface area contributed by atoms with E-state index < -0.39 is 11.7 Å². The van der Waals surface area contributed by atoms with Crippen LogP contribution in [0.2, 0.25) is 0 Å². The molecular weight excluding hydrogens is 278 g/mol. The first-order valence-electron chi connectivity index (χ1n) is 8.22. The minimum atomic E-state index is -0.647. The van der Waals surface area contributed by atoms with Crippen molar-refractivity contribution in [1.82, 2.24) is 5.06 Å². The maximum absolute atomic E-state index is 12.1. The normalized spacial score (nSPS) is 16.3. The van der Waals surface area contributed by atoms with Gasteiger partial charge in [0.1, 0.15) is 5.60 Å². The molecule has 0 unspecified atom stereocenters. The number of hydroxylamine groups is 2. The second-order valence-electron chi connectivity index (χ2n) is 6.67. The Kier molecular flexibility index (Phi) is 5.83. The molecule has 22 heavy (non-hydrogen) atoms. The summed E-state index contributed by atoms with van der Waals surface area (Å²) < 4.78 is 5.56. The molecule has 4 heteroatoms. The van der Waals surface area contributed by atoms with Gasteiger partial charge in [-0.3, -0.25) is 5.21 Å². The van der Waals surface area contributed by atoms with Crippen LogP contribution in [0.4, 0.5) is 4.79 Å². The summed E-state index contributed by atoms with van der Waals surface area (Å²) >= 11 is 0. The molecule has 2 rings (SSSR count). The standard InChI is InChI=1S/C18H27NO3/c1-18(2,16-11-7-4-8-12-16)22-17(20)19(21)14-13-15-9-5-3-6-10-15/h3,5-6,9-10,16,21H,4,7-8,11-14H2,1-2H3. The quantitative estimate of drug-likeness (QED) is 0.647. The van der Waals surface area contributed by atoms with Gasteiger partial charge in [0.15, 0.2) is 0 Å². The number of ether oxygens (including phenoxy) is 1.